The molecule has 1 N–H and O–H groups in total. The molecule has 0 aromatic heterocycles. The van der Waals surface area contributed by atoms with Crippen LogP contribution in [-0.2, 0) is 9.53 Å². The molecule has 3 heteroatoms. The van der Waals surface area contributed by atoms with Gasteiger partial charge in [-0.3, -0.25) is 4.79 Å². The zero-order valence-electron chi connectivity index (χ0n) is 20.6. The first-order valence-electron chi connectivity index (χ1n) is 13.1. The van der Waals surface area contributed by atoms with E-state index in [0.717, 1.165) is 43.4 Å². The Morgan fingerprint density at radius 2 is 2.03 bits per heavy atom. The van der Waals surface area contributed by atoms with Crippen molar-refractivity contribution in [2.75, 3.05) is 6.61 Å². The van der Waals surface area contributed by atoms with Crippen molar-refractivity contribution in [3.8, 4) is 0 Å². The molecule has 0 aromatic carbocycles. The summed E-state index contributed by atoms with van der Waals surface area (Å²) in [6, 6.07) is 0. The van der Waals surface area contributed by atoms with E-state index < -0.39 is 0 Å². The first-order chi connectivity index (χ1) is 15.3. The van der Waals surface area contributed by atoms with Gasteiger partial charge in [0.05, 0.1) is 6.10 Å². The lowest BCUT2D eigenvalue weighted by Gasteiger charge is -2.58. The van der Waals surface area contributed by atoms with Gasteiger partial charge < -0.3 is 9.84 Å². The number of ether oxygens (including phenoxy) is 1. The van der Waals surface area contributed by atoms with Crippen LogP contribution in [0.4, 0.5) is 0 Å². The number of carbonyl (C=O) groups excluding carboxylic acids is 1. The van der Waals surface area contributed by atoms with Crippen LogP contribution >= 0.6 is 0 Å². The lowest BCUT2D eigenvalue weighted by atomic mass is 9.47. The Labute approximate surface area is 195 Å². The first kappa shape index (κ1) is 23.8. The third kappa shape index (κ3) is 4.27. The van der Waals surface area contributed by atoms with Crippen molar-refractivity contribution in [2.45, 2.75) is 97.5 Å². The van der Waals surface area contributed by atoms with E-state index in [4.69, 9.17) is 4.74 Å². The van der Waals surface area contributed by atoms with Crippen LogP contribution in [-0.4, -0.2) is 23.8 Å². The number of fused-ring (bicyclic) bond motifs is 5. The largest absolute Gasteiger partial charge is 0.461 e. The van der Waals surface area contributed by atoms with Gasteiger partial charge >= 0.3 is 5.97 Å². The SMILES string of the molecule is C=CCOC(=O)CCC/C=C(\C)C1CCC2C3CC=C4C[C@@H](O)CC[C@]4(C)C3CC[C@]12C. The molecule has 0 spiro atoms. The molecular formula is C29H44O3. The standard InChI is InChI=1S/C29H44O3/c1-5-18-32-27(31)9-7-6-8-20(2)24-12-13-25-23-11-10-21-19-22(30)14-16-28(21,3)26(23)15-17-29(24,25)4/h5,8,10,22-26,30H,1,6-7,9,11-19H2,2-4H3/b20-8+/t22-,23?,24?,25?,26?,28-,29+/m0/s1. The molecule has 32 heavy (non-hydrogen) atoms. The molecule has 0 aromatic rings. The number of aliphatic hydroxyl groups is 1. The van der Waals surface area contributed by atoms with Crippen molar-refractivity contribution in [1.29, 1.82) is 0 Å². The van der Waals surface area contributed by atoms with Crippen molar-refractivity contribution < 1.29 is 14.6 Å². The van der Waals surface area contributed by atoms with E-state index in [1.54, 1.807) is 17.2 Å². The summed E-state index contributed by atoms with van der Waals surface area (Å²) in [7, 11) is 0. The minimum Gasteiger partial charge on any atom is -0.461 e. The van der Waals surface area contributed by atoms with E-state index in [-0.39, 0.29) is 12.1 Å². The van der Waals surface area contributed by atoms with Gasteiger partial charge in [-0.25, -0.2) is 0 Å². The predicted molar refractivity (Wildman–Crippen MR) is 130 cm³/mol. The smallest absolute Gasteiger partial charge is 0.306 e. The minimum atomic E-state index is -0.118. The van der Waals surface area contributed by atoms with Crippen molar-refractivity contribution in [3.63, 3.8) is 0 Å². The summed E-state index contributed by atoms with van der Waals surface area (Å²) in [5, 5.41) is 10.2. The highest BCUT2D eigenvalue weighted by molar-refractivity contribution is 5.69. The molecule has 0 radical (unpaired) electrons. The fourth-order valence-electron chi connectivity index (χ4n) is 8.33. The molecule has 4 rings (SSSR count). The number of hydrogen-bond donors (Lipinski definition) is 1. The molecule has 0 heterocycles. The van der Waals surface area contributed by atoms with E-state index >= 15 is 0 Å². The first-order valence-corrected chi connectivity index (χ1v) is 13.1. The Morgan fingerprint density at radius 3 is 2.81 bits per heavy atom. The van der Waals surface area contributed by atoms with Gasteiger partial charge in [-0.05, 0) is 106 Å². The maximum atomic E-state index is 11.7. The van der Waals surface area contributed by atoms with Gasteiger partial charge in [0.1, 0.15) is 6.61 Å². The second-order valence-electron chi connectivity index (χ2n) is 11.6. The lowest BCUT2D eigenvalue weighted by molar-refractivity contribution is -0.142. The monoisotopic (exact) mass is 440 g/mol. The van der Waals surface area contributed by atoms with Crippen molar-refractivity contribution in [1.82, 2.24) is 0 Å². The zero-order valence-corrected chi connectivity index (χ0v) is 20.6. The maximum Gasteiger partial charge on any atom is 0.306 e. The highest BCUT2D eigenvalue weighted by Crippen LogP contribution is 2.67. The number of esters is 1. The number of carbonyl (C=O) groups is 1. The van der Waals surface area contributed by atoms with Gasteiger partial charge in [0.15, 0.2) is 0 Å². The second kappa shape index (κ2) is 9.49. The molecule has 4 aliphatic rings. The summed E-state index contributed by atoms with van der Waals surface area (Å²) in [4.78, 5) is 11.7. The summed E-state index contributed by atoms with van der Waals surface area (Å²) < 4.78 is 5.09. The van der Waals surface area contributed by atoms with E-state index in [0.29, 0.717) is 29.8 Å². The van der Waals surface area contributed by atoms with E-state index in [9.17, 15) is 9.90 Å². The Morgan fingerprint density at radius 1 is 1.22 bits per heavy atom. The molecule has 3 fully saturated rings. The topological polar surface area (TPSA) is 46.5 Å². The summed E-state index contributed by atoms with van der Waals surface area (Å²) in [6.45, 7) is 11.3. The average molecular weight is 441 g/mol. The molecule has 3 nitrogen and oxygen atoms in total. The number of allylic oxidation sites excluding steroid dienone is 3. The van der Waals surface area contributed by atoms with Crippen LogP contribution in [0.5, 0.6) is 0 Å². The van der Waals surface area contributed by atoms with Gasteiger partial charge in [-0.2, -0.15) is 0 Å². The highest BCUT2D eigenvalue weighted by Gasteiger charge is 2.58. The summed E-state index contributed by atoms with van der Waals surface area (Å²) in [5.74, 6) is 3.01. The second-order valence-corrected chi connectivity index (χ2v) is 11.6. The molecule has 0 amide bonds. The van der Waals surface area contributed by atoms with Crippen molar-refractivity contribution in [2.24, 2.45) is 34.5 Å². The van der Waals surface area contributed by atoms with Gasteiger partial charge in [0, 0.05) is 6.42 Å². The fourth-order valence-corrected chi connectivity index (χ4v) is 8.33. The van der Waals surface area contributed by atoms with Crippen molar-refractivity contribution in [3.05, 3.63) is 36.0 Å². The minimum absolute atomic E-state index is 0.115. The van der Waals surface area contributed by atoms with E-state index in [2.05, 4.69) is 39.5 Å². The summed E-state index contributed by atoms with van der Waals surface area (Å²) in [5.41, 5.74) is 3.86. The third-order valence-corrected chi connectivity index (χ3v) is 10.0. The highest BCUT2D eigenvalue weighted by atomic mass is 16.5. The van der Waals surface area contributed by atoms with Crippen LogP contribution in [0.2, 0.25) is 0 Å². The van der Waals surface area contributed by atoms with Gasteiger partial charge in [0.2, 0.25) is 0 Å². The van der Waals surface area contributed by atoms with Crippen LogP contribution < -0.4 is 0 Å². The molecule has 4 aliphatic carbocycles. The zero-order chi connectivity index (χ0) is 22.9. The Bertz CT molecular complexity index is 779. The van der Waals surface area contributed by atoms with Crippen LogP contribution in [0.3, 0.4) is 0 Å². The third-order valence-electron chi connectivity index (χ3n) is 10.0. The van der Waals surface area contributed by atoms with Crippen LogP contribution in [0.15, 0.2) is 36.0 Å². The Hall–Kier alpha value is -1.35. The normalized spacial score (nSPS) is 41.2. The number of unbranched alkanes of at least 4 members (excludes halogenated alkanes) is 1. The fraction of sp³-hybridized carbons (Fsp3) is 0.759. The Balaban J connectivity index is 1.40. The van der Waals surface area contributed by atoms with E-state index in [1.807, 2.05) is 0 Å². The molecule has 0 saturated heterocycles. The number of aliphatic hydroxyl groups excluding tert-OH is 1. The van der Waals surface area contributed by atoms with E-state index in [1.165, 1.54) is 38.5 Å². The maximum absolute atomic E-state index is 11.7. The van der Waals surface area contributed by atoms with Crippen LogP contribution in [0, 0.1) is 34.5 Å². The summed E-state index contributed by atoms with van der Waals surface area (Å²) in [6.07, 6.45) is 18.4. The molecule has 0 bridgehead atoms. The van der Waals surface area contributed by atoms with Crippen molar-refractivity contribution >= 4 is 5.97 Å². The average Bonchev–Trinajstić information content (AvgIpc) is 3.13. The van der Waals surface area contributed by atoms with Gasteiger partial charge in [-0.15, -0.1) is 0 Å². The lowest BCUT2D eigenvalue weighted by Crippen LogP contribution is -2.50. The van der Waals surface area contributed by atoms with Gasteiger partial charge in [-0.1, -0.05) is 49.8 Å². The molecule has 7 atom stereocenters. The van der Waals surface area contributed by atoms with Crippen LogP contribution in [0.1, 0.15) is 91.4 Å². The molecular weight excluding hydrogens is 396 g/mol. The Kier molecular flexibility index (Phi) is 7.05. The number of hydrogen-bond acceptors (Lipinski definition) is 3. The number of rotatable bonds is 7. The quantitative estimate of drug-likeness (QED) is 0.270. The molecule has 4 unspecified atom stereocenters. The predicted octanol–water partition coefficient (Wildman–Crippen LogP) is 6.77. The molecule has 3 saturated carbocycles. The van der Waals surface area contributed by atoms with Crippen LogP contribution in [0.25, 0.3) is 0 Å². The molecule has 0 aliphatic heterocycles. The molecule has 178 valence electrons. The van der Waals surface area contributed by atoms with Gasteiger partial charge in [0.25, 0.3) is 0 Å². The summed E-state index contributed by atoms with van der Waals surface area (Å²) >= 11 is 0.